The van der Waals surface area contributed by atoms with E-state index in [0.717, 1.165) is 22.3 Å². The first-order valence-electron chi connectivity index (χ1n) is 20.2. The lowest BCUT2D eigenvalue weighted by molar-refractivity contribution is -0.395. The van der Waals surface area contributed by atoms with Gasteiger partial charge in [0.15, 0.2) is 31.1 Å². The van der Waals surface area contributed by atoms with Crippen LogP contribution in [-0.4, -0.2) is 94.2 Å². The van der Waals surface area contributed by atoms with Gasteiger partial charge in [0, 0.05) is 12.7 Å². The van der Waals surface area contributed by atoms with Crippen LogP contribution in [0.3, 0.4) is 0 Å². The number of carbonyl (C=O) groups is 2. The fraction of sp³-hybridized carbons (Fsp3) is 0.447. The minimum Gasteiger partial charge on any atom is -0.467 e. The number of hydrogen-bond acceptors (Lipinski definition) is 13. The Morgan fingerprint density at radius 1 is 0.600 bits per heavy atom. The van der Waals surface area contributed by atoms with Crippen LogP contribution in [0.5, 0.6) is 0 Å². The molecule has 320 valence electrons. The van der Waals surface area contributed by atoms with Crippen molar-refractivity contribution >= 4 is 11.9 Å². The summed E-state index contributed by atoms with van der Waals surface area (Å²) in [5, 5.41) is 0. The molecule has 0 aromatic heterocycles. The van der Waals surface area contributed by atoms with E-state index in [0.29, 0.717) is 0 Å². The van der Waals surface area contributed by atoms with Crippen molar-refractivity contribution < 1.29 is 61.7 Å². The van der Waals surface area contributed by atoms with E-state index < -0.39 is 85.1 Å². The fourth-order valence-corrected chi connectivity index (χ4v) is 7.33. The molecule has 3 saturated heterocycles. The summed E-state index contributed by atoms with van der Waals surface area (Å²) in [5.41, 5.74) is 2.45. The predicted molar refractivity (Wildman–Crippen MR) is 216 cm³/mol. The number of fused-ring (bicyclic) bond motifs is 1. The highest BCUT2D eigenvalue weighted by Gasteiger charge is 2.58. The van der Waals surface area contributed by atoms with Crippen LogP contribution in [-0.2, 0) is 81.5 Å². The van der Waals surface area contributed by atoms with Gasteiger partial charge in [0.2, 0.25) is 0 Å². The second-order valence-corrected chi connectivity index (χ2v) is 15.9. The van der Waals surface area contributed by atoms with Gasteiger partial charge in [-0.05, 0) is 37.5 Å². The van der Waals surface area contributed by atoms with Gasteiger partial charge in [0.1, 0.15) is 36.6 Å². The summed E-state index contributed by atoms with van der Waals surface area (Å²) in [6, 6.07) is 38.2. The molecule has 3 heterocycles. The van der Waals surface area contributed by atoms with Crippen molar-refractivity contribution in [3.63, 3.8) is 0 Å². The van der Waals surface area contributed by atoms with Crippen molar-refractivity contribution in [2.24, 2.45) is 5.41 Å². The van der Waals surface area contributed by atoms with Crippen LogP contribution >= 0.6 is 0 Å². The Hall–Kier alpha value is -4.54. The number of methoxy groups -OCH3 is 2. The van der Waals surface area contributed by atoms with E-state index in [1.807, 2.05) is 121 Å². The Bertz CT molecular complexity index is 1930. The monoisotopic (exact) mass is 826 g/mol. The van der Waals surface area contributed by atoms with Gasteiger partial charge >= 0.3 is 11.9 Å². The van der Waals surface area contributed by atoms with Crippen LogP contribution in [0.15, 0.2) is 121 Å². The molecule has 60 heavy (non-hydrogen) atoms. The summed E-state index contributed by atoms with van der Waals surface area (Å²) in [4.78, 5) is 27.7. The van der Waals surface area contributed by atoms with E-state index in [9.17, 15) is 9.59 Å². The number of benzene rings is 4. The molecule has 3 fully saturated rings. The standard InChI is InChI=1S/C47H54O13/c1-47(2,3)46(49)60-41-38(54-28-32-22-14-8-15-23-32)37(53-27-31-20-12-7-13-21-31)39(42(48)50-4)58-45(41)59-40-36(52-26-30-18-10-6-11-19-30)35-34(56-44(40)51-5)29-55-43(57-35)33-24-16-9-17-25-33/h6-25,34-41,43-45H,26-29H2,1-5H3/t34-,35-,36+,37+,38+,39+,40+,41-,43?,44+,45+/m1/s1. The molecular weight excluding hydrogens is 773 g/mol. The SMILES string of the molecule is COC(=O)[C@H]1O[C@@H](O[C@@H]2[C@@H](OC)O[C@@H]3COC(c4ccccc4)O[C@H]3[C@@H]2OCc2ccccc2)[C@H](OC(=O)C(C)(C)C)[C@@H](OCc2ccccc2)[C@@H]1OCc1ccccc1. The maximum absolute atomic E-state index is 13.9. The minimum absolute atomic E-state index is 0.0788. The number of rotatable bonds is 15. The Morgan fingerprint density at radius 2 is 1.12 bits per heavy atom. The smallest absolute Gasteiger partial charge is 0.337 e. The Morgan fingerprint density at radius 3 is 1.63 bits per heavy atom. The number of ether oxygens (including phenoxy) is 11. The second-order valence-electron chi connectivity index (χ2n) is 15.9. The molecule has 0 N–H and O–H groups in total. The lowest BCUT2D eigenvalue weighted by atomic mass is 9.94. The molecular formula is C47H54O13. The zero-order chi connectivity index (χ0) is 42.1. The molecule has 13 nitrogen and oxygen atoms in total. The van der Waals surface area contributed by atoms with E-state index in [-0.39, 0.29) is 26.4 Å². The maximum Gasteiger partial charge on any atom is 0.337 e. The molecule has 0 spiro atoms. The summed E-state index contributed by atoms with van der Waals surface area (Å²) in [6.45, 7) is 5.74. The summed E-state index contributed by atoms with van der Waals surface area (Å²) < 4.78 is 70.3. The van der Waals surface area contributed by atoms with Crippen molar-refractivity contribution in [1.29, 1.82) is 0 Å². The highest BCUT2D eigenvalue weighted by atomic mass is 16.8. The van der Waals surface area contributed by atoms with Crippen molar-refractivity contribution in [3.05, 3.63) is 144 Å². The third kappa shape index (κ3) is 10.7. The Kier molecular flexibility index (Phi) is 14.8. The third-order valence-corrected chi connectivity index (χ3v) is 10.5. The van der Waals surface area contributed by atoms with Crippen LogP contribution in [0.4, 0.5) is 0 Å². The van der Waals surface area contributed by atoms with Crippen LogP contribution in [0.2, 0.25) is 0 Å². The molecule has 0 radical (unpaired) electrons. The van der Waals surface area contributed by atoms with Crippen LogP contribution in [0.25, 0.3) is 0 Å². The van der Waals surface area contributed by atoms with Crippen molar-refractivity contribution in [2.75, 3.05) is 20.8 Å². The Labute approximate surface area is 351 Å². The Balaban J connectivity index is 1.27. The zero-order valence-electron chi connectivity index (χ0n) is 34.5. The van der Waals surface area contributed by atoms with Crippen LogP contribution < -0.4 is 0 Å². The summed E-state index contributed by atoms with van der Waals surface area (Å²) in [5.74, 6) is -1.30. The highest BCUT2D eigenvalue weighted by Crippen LogP contribution is 2.40. The van der Waals surface area contributed by atoms with E-state index in [4.69, 9.17) is 52.1 Å². The average Bonchev–Trinajstić information content (AvgIpc) is 3.28. The summed E-state index contributed by atoms with van der Waals surface area (Å²) >= 11 is 0. The lowest BCUT2D eigenvalue weighted by Gasteiger charge is -2.51. The second kappa shape index (κ2) is 20.3. The third-order valence-electron chi connectivity index (χ3n) is 10.5. The molecule has 7 rings (SSSR count). The largest absolute Gasteiger partial charge is 0.467 e. The van der Waals surface area contributed by atoms with Gasteiger partial charge in [0.05, 0.1) is 39.0 Å². The van der Waals surface area contributed by atoms with E-state index in [2.05, 4.69) is 0 Å². The van der Waals surface area contributed by atoms with Crippen molar-refractivity contribution in [2.45, 2.75) is 108 Å². The molecule has 0 amide bonds. The fourth-order valence-electron chi connectivity index (χ4n) is 7.33. The van der Waals surface area contributed by atoms with Crippen molar-refractivity contribution in [1.82, 2.24) is 0 Å². The average molecular weight is 827 g/mol. The van der Waals surface area contributed by atoms with E-state index in [1.165, 1.54) is 14.2 Å². The summed E-state index contributed by atoms with van der Waals surface area (Å²) in [7, 11) is 2.75. The molecule has 0 aliphatic carbocycles. The van der Waals surface area contributed by atoms with Gasteiger partial charge in [-0.15, -0.1) is 0 Å². The van der Waals surface area contributed by atoms with Crippen molar-refractivity contribution in [3.8, 4) is 0 Å². The zero-order valence-corrected chi connectivity index (χ0v) is 34.5. The first kappa shape index (κ1) is 43.5. The first-order chi connectivity index (χ1) is 29.1. The number of hydrogen-bond donors (Lipinski definition) is 0. The van der Waals surface area contributed by atoms with Gasteiger partial charge in [0.25, 0.3) is 0 Å². The lowest BCUT2D eigenvalue weighted by Crippen LogP contribution is -2.67. The number of esters is 2. The van der Waals surface area contributed by atoms with Gasteiger partial charge in [-0.2, -0.15) is 0 Å². The molecule has 3 aliphatic heterocycles. The highest BCUT2D eigenvalue weighted by molar-refractivity contribution is 5.77. The van der Waals surface area contributed by atoms with Crippen LogP contribution in [0, 0.1) is 5.41 Å². The molecule has 11 atom stereocenters. The quantitative estimate of drug-likeness (QED) is 0.121. The van der Waals surface area contributed by atoms with E-state index >= 15 is 0 Å². The predicted octanol–water partition coefficient (Wildman–Crippen LogP) is 6.47. The molecule has 3 aliphatic rings. The molecule has 0 saturated carbocycles. The van der Waals surface area contributed by atoms with Crippen LogP contribution in [0.1, 0.15) is 49.3 Å². The maximum atomic E-state index is 13.9. The van der Waals surface area contributed by atoms with Gasteiger partial charge < -0.3 is 52.1 Å². The van der Waals surface area contributed by atoms with Gasteiger partial charge in [-0.1, -0.05) is 121 Å². The molecule has 4 aromatic carbocycles. The van der Waals surface area contributed by atoms with E-state index in [1.54, 1.807) is 20.8 Å². The minimum atomic E-state index is -1.46. The molecule has 1 unspecified atom stereocenters. The normalized spacial score (nSPS) is 29.2. The number of carbonyl (C=O) groups excluding carboxylic acids is 2. The van der Waals surface area contributed by atoms with Gasteiger partial charge in [-0.25, -0.2) is 4.79 Å². The first-order valence-corrected chi connectivity index (χ1v) is 20.2. The molecule has 13 heteroatoms. The summed E-state index contributed by atoms with van der Waals surface area (Å²) in [6.07, 6.45) is -11.5. The molecule has 4 aromatic rings. The topological polar surface area (TPSA) is 136 Å². The molecule has 0 bridgehead atoms. The van der Waals surface area contributed by atoms with Gasteiger partial charge in [-0.3, -0.25) is 4.79 Å².